The lowest BCUT2D eigenvalue weighted by molar-refractivity contribution is 0.410. The molecule has 0 aliphatic carbocycles. The molecule has 0 aliphatic heterocycles. The molecule has 0 fully saturated rings. The van der Waals surface area contributed by atoms with Gasteiger partial charge in [-0.2, -0.15) is 0 Å². The van der Waals surface area contributed by atoms with Crippen molar-refractivity contribution in [2.45, 2.75) is 6.54 Å². The zero-order valence-corrected chi connectivity index (χ0v) is 10.6. The van der Waals surface area contributed by atoms with Crippen LogP contribution < -0.4 is 15.2 Å². The highest BCUT2D eigenvalue weighted by molar-refractivity contribution is 5.76. The Labute approximate surface area is 107 Å². The molecular weight excluding hydrogens is 226 g/mol. The Balaban J connectivity index is 2.60. The molecule has 0 saturated heterocycles. The van der Waals surface area contributed by atoms with E-state index in [9.17, 15) is 0 Å². The normalized spacial score (nSPS) is 10.2. The minimum absolute atomic E-state index is 0.506. The maximum atomic E-state index is 5.69. The topological polar surface area (TPSA) is 44.5 Å². The van der Waals surface area contributed by atoms with Crippen LogP contribution in [0.1, 0.15) is 5.56 Å². The molecule has 0 heterocycles. The van der Waals surface area contributed by atoms with Crippen LogP contribution in [0.2, 0.25) is 0 Å². The van der Waals surface area contributed by atoms with Crippen molar-refractivity contribution in [1.82, 2.24) is 0 Å². The van der Waals surface area contributed by atoms with E-state index in [0.717, 1.165) is 28.2 Å². The zero-order valence-electron chi connectivity index (χ0n) is 10.6. The molecule has 3 nitrogen and oxygen atoms in total. The highest BCUT2D eigenvalue weighted by Gasteiger charge is 2.11. The molecule has 0 radical (unpaired) electrons. The molecule has 2 aromatic carbocycles. The molecule has 0 atom stereocenters. The second-order valence-corrected chi connectivity index (χ2v) is 3.94. The van der Waals surface area contributed by atoms with Gasteiger partial charge in [-0.3, -0.25) is 0 Å². The molecule has 18 heavy (non-hydrogen) atoms. The van der Waals surface area contributed by atoms with Gasteiger partial charge in [0.1, 0.15) is 11.5 Å². The number of nitrogens with two attached hydrogens (primary N) is 1. The van der Waals surface area contributed by atoms with Crippen LogP contribution >= 0.6 is 0 Å². The largest absolute Gasteiger partial charge is 0.496 e. The number of ether oxygens (including phenoxy) is 2. The van der Waals surface area contributed by atoms with E-state index < -0.39 is 0 Å². The molecule has 94 valence electrons. The van der Waals surface area contributed by atoms with Crippen LogP contribution in [0.15, 0.2) is 42.5 Å². The van der Waals surface area contributed by atoms with E-state index in [-0.39, 0.29) is 0 Å². The van der Waals surface area contributed by atoms with E-state index in [2.05, 4.69) is 0 Å². The second kappa shape index (κ2) is 5.56. The lowest BCUT2D eigenvalue weighted by Gasteiger charge is -2.13. The summed E-state index contributed by atoms with van der Waals surface area (Å²) in [7, 11) is 3.33. The minimum atomic E-state index is 0.506. The van der Waals surface area contributed by atoms with Gasteiger partial charge < -0.3 is 15.2 Å². The van der Waals surface area contributed by atoms with E-state index in [0.29, 0.717) is 6.54 Å². The highest BCUT2D eigenvalue weighted by Crippen LogP contribution is 2.36. The van der Waals surface area contributed by atoms with Gasteiger partial charge in [0, 0.05) is 17.7 Å². The molecule has 2 aromatic rings. The number of hydrogen-bond donors (Lipinski definition) is 1. The van der Waals surface area contributed by atoms with Crippen molar-refractivity contribution in [3.63, 3.8) is 0 Å². The van der Waals surface area contributed by atoms with Gasteiger partial charge in [-0.1, -0.05) is 24.3 Å². The SMILES string of the molecule is COc1ccccc1-c1cc(CN)ccc1OC. The number of hydrogen-bond acceptors (Lipinski definition) is 3. The summed E-state index contributed by atoms with van der Waals surface area (Å²) < 4.78 is 10.8. The molecule has 0 amide bonds. The smallest absolute Gasteiger partial charge is 0.126 e. The third-order valence-corrected chi connectivity index (χ3v) is 2.90. The first kappa shape index (κ1) is 12.5. The van der Waals surface area contributed by atoms with Crippen molar-refractivity contribution in [1.29, 1.82) is 0 Å². The standard InChI is InChI=1S/C15H17NO2/c1-17-14-6-4-3-5-12(14)13-9-11(10-16)7-8-15(13)18-2/h3-9H,10,16H2,1-2H3. The number of rotatable bonds is 4. The lowest BCUT2D eigenvalue weighted by atomic mass is 10.0. The summed E-state index contributed by atoms with van der Waals surface area (Å²) in [5.41, 5.74) is 8.76. The van der Waals surface area contributed by atoms with Crippen LogP contribution in [-0.2, 0) is 6.54 Å². The predicted molar refractivity (Wildman–Crippen MR) is 72.9 cm³/mol. The van der Waals surface area contributed by atoms with E-state index in [1.807, 2.05) is 42.5 Å². The van der Waals surface area contributed by atoms with Crippen molar-refractivity contribution < 1.29 is 9.47 Å². The van der Waals surface area contributed by atoms with Gasteiger partial charge in [0.05, 0.1) is 14.2 Å². The van der Waals surface area contributed by atoms with Gasteiger partial charge in [0.15, 0.2) is 0 Å². The summed E-state index contributed by atoms with van der Waals surface area (Å²) in [6, 6.07) is 13.8. The van der Waals surface area contributed by atoms with Gasteiger partial charge in [-0.15, -0.1) is 0 Å². The Morgan fingerprint density at radius 3 is 2.22 bits per heavy atom. The highest BCUT2D eigenvalue weighted by atomic mass is 16.5. The summed E-state index contributed by atoms with van der Waals surface area (Å²) in [5, 5.41) is 0. The van der Waals surface area contributed by atoms with Crippen molar-refractivity contribution in [2.24, 2.45) is 5.73 Å². The van der Waals surface area contributed by atoms with Crippen molar-refractivity contribution in [3.8, 4) is 22.6 Å². The van der Waals surface area contributed by atoms with Crippen LogP contribution in [-0.4, -0.2) is 14.2 Å². The molecule has 0 saturated carbocycles. The first-order valence-corrected chi connectivity index (χ1v) is 5.80. The molecule has 0 unspecified atom stereocenters. The quantitative estimate of drug-likeness (QED) is 0.898. The molecule has 0 aromatic heterocycles. The molecule has 3 heteroatoms. The maximum Gasteiger partial charge on any atom is 0.126 e. The fourth-order valence-corrected chi connectivity index (χ4v) is 1.96. The third kappa shape index (κ3) is 2.31. The summed E-state index contributed by atoms with van der Waals surface area (Å²) in [6.07, 6.45) is 0. The van der Waals surface area contributed by atoms with Crippen LogP contribution in [0.3, 0.4) is 0 Å². The molecule has 2 rings (SSSR count). The van der Waals surface area contributed by atoms with Crippen LogP contribution in [0.5, 0.6) is 11.5 Å². The fourth-order valence-electron chi connectivity index (χ4n) is 1.96. The molecule has 2 N–H and O–H groups in total. The summed E-state index contributed by atoms with van der Waals surface area (Å²) in [5.74, 6) is 1.64. The molecule has 0 aliphatic rings. The monoisotopic (exact) mass is 243 g/mol. The number of benzene rings is 2. The van der Waals surface area contributed by atoms with Crippen molar-refractivity contribution in [2.75, 3.05) is 14.2 Å². The summed E-state index contributed by atoms with van der Waals surface area (Å²) in [6.45, 7) is 0.506. The summed E-state index contributed by atoms with van der Waals surface area (Å²) in [4.78, 5) is 0. The second-order valence-electron chi connectivity index (χ2n) is 3.94. The zero-order chi connectivity index (χ0) is 13.0. The van der Waals surface area contributed by atoms with Gasteiger partial charge in [0.25, 0.3) is 0 Å². The van der Waals surface area contributed by atoms with Gasteiger partial charge >= 0.3 is 0 Å². The first-order valence-electron chi connectivity index (χ1n) is 5.80. The summed E-state index contributed by atoms with van der Waals surface area (Å²) >= 11 is 0. The molecular formula is C15H17NO2. The third-order valence-electron chi connectivity index (χ3n) is 2.90. The Hall–Kier alpha value is -2.00. The van der Waals surface area contributed by atoms with Crippen molar-refractivity contribution >= 4 is 0 Å². The van der Waals surface area contributed by atoms with E-state index in [1.54, 1.807) is 14.2 Å². The van der Waals surface area contributed by atoms with Gasteiger partial charge in [-0.05, 0) is 23.8 Å². The average Bonchev–Trinajstić information content (AvgIpc) is 2.46. The number of methoxy groups -OCH3 is 2. The maximum absolute atomic E-state index is 5.69. The molecule has 0 bridgehead atoms. The van der Waals surface area contributed by atoms with E-state index in [4.69, 9.17) is 15.2 Å². The lowest BCUT2D eigenvalue weighted by Crippen LogP contribution is -1.98. The predicted octanol–water partition coefficient (Wildman–Crippen LogP) is 2.83. The molecule has 0 spiro atoms. The minimum Gasteiger partial charge on any atom is -0.496 e. The van der Waals surface area contributed by atoms with Crippen LogP contribution in [0, 0.1) is 0 Å². The Morgan fingerprint density at radius 2 is 1.56 bits per heavy atom. The van der Waals surface area contributed by atoms with Crippen LogP contribution in [0.25, 0.3) is 11.1 Å². The van der Waals surface area contributed by atoms with E-state index in [1.165, 1.54) is 0 Å². The van der Waals surface area contributed by atoms with Gasteiger partial charge in [0.2, 0.25) is 0 Å². The number of para-hydroxylation sites is 1. The van der Waals surface area contributed by atoms with Crippen LogP contribution in [0.4, 0.5) is 0 Å². The Morgan fingerprint density at radius 1 is 0.889 bits per heavy atom. The van der Waals surface area contributed by atoms with Crippen molar-refractivity contribution in [3.05, 3.63) is 48.0 Å². The first-order chi connectivity index (χ1) is 8.80. The Kier molecular flexibility index (Phi) is 3.85. The Bertz CT molecular complexity index is 538. The van der Waals surface area contributed by atoms with Gasteiger partial charge in [-0.25, -0.2) is 0 Å². The fraction of sp³-hybridized carbons (Fsp3) is 0.200. The average molecular weight is 243 g/mol. The van der Waals surface area contributed by atoms with E-state index >= 15 is 0 Å².